The topological polar surface area (TPSA) is 71.3 Å². The van der Waals surface area contributed by atoms with Crippen LogP contribution in [-0.4, -0.2) is 25.7 Å². The second-order valence-corrected chi connectivity index (χ2v) is 8.17. The number of halogens is 1. The minimum Gasteiger partial charge on any atom is -0.489 e. The Morgan fingerprint density at radius 1 is 1.06 bits per heavy atom. The van der Waals surface area contributed by atoms with Crippen LogP contribution < -0.4 is 10.1 Å². The molecule has 1 N–H and O–H groups in total. The molecule has 168 valence electrons. The molecule has 1 heterocycles. The summed E-state index contributed by atoms with van der Waals surface area (Å²) in [5, 5.41) is 12.3. The largest absolute Gasteiger partial charge is 0.489 e. The summed E-state index contributed by atoms with van der Waals surface area (Å²) in [5.41, 5.74) is 2.32. The molecule has 6 heteroatoms. The maximum Gasteiger partial charge on any atom is 0.251 e. The molecule has 1 fully saturated rings. The Kier molecular flexibility index (Phi) is 7.01. The average molecular weight is 445 g/mol. The maximum absolute atomic E-state index is 13.9. The first-order chi connectivity index (χ1) is 16.1. The van der Waals surface area contributed by atoms with Gasteiger partial charge in [-0.25, -0.2) is 4.39 Å². The molecule has 0 saturated carbocycles. The molecule has 5 nitrogen and oxygen atoms in total. The quantitative estimate of drug-likeness (QED) is 0.571. The highest BCUT2D eigenvalue weighted by molar-refractivity contribution is 5.94. The van der Waals surface area contributed by atoms with E-state index < -0.39 is 0 Å². The van der Waals surface area contributed by atoms with Crippen molar-refractivity contribution in [3.05, 3.63) is 101 Å². The van der Waals surface area contributed by atoms with Crippen LogP contribution in [0, 0.1) is 17.1 Å². The van der Waals surface area contributed by atoms with Gasteiger partial charge in [-0.1, -0.05) is 36.4 Å². The fraction of sp³-hybridized carbons (Fsp3) is 0.259. The van der Waals surface area contributed by atoms with Crippen LogP contribution in [0.1, 0.15) is 39.9 Å². The van der Waals surface area contributed by atoms with Gasteiger partial charge in [0.1, 0.15) is 18.2 Å². The summed E-state index contributed by atoms with van der Waals surface area (Å²) in [6, 6.07) is 22.9. The SMILES string of the molecule is N#Cc1ccccc1COc1cccc(C(=O)NCC2(c3cccc(F)c3)CCOCC2)c1. The van der Waals surface area contributed by atoms with Gasteiger partial charge in [0.15, 0.2) is 0 Å². The number of nitrogens with one attached hydrogen (secondary N) is 1. The third kappa shape index (κ3) is 5.39. The summed E-state index contributed by atoms with van der Waals surface area (Å²) >= 11 is 0. The fourth-order valence-electron chi connectivity index (χ4n) is 4.14. The van der Waals surface area contributed by atoms with E-state index in [0.29, 0.717) is 49.5 Å². The van der Waals surface area contributed by atoms with Gasteiger partial charge in [0.05, 0.1) is 11.6 Å². The predicted octanol–water partition coefficient (Wildman–Crippen LogP) is 4.75. The van der Waals surface area contributed by atoms with E-state index in [-0.39, 0.29) is 23.7 Å². The zero-order valence-corrected chi connectivity index (χ0v) is 18.2. The van der Waals surface area contributed by atoms with Gasteiger partial charge in [-0.2, -0.15) is 5.26 Å². The molecule has 0 aliphatic carbocycles. The molecule has 4 rings (SSSR count). The van der Waals surface area contributed by atoms with Crippen molar-refractivity contribution in [1.82, 2.24) is 5.32 Å². The molecule has 1 aliphatic rings. The van der Waals surface area contributed by atoms with Crippen LogP contribution in [0.4, 0.5) is 4.39 Å². The van der Waals surface area contributed by atoms with Gasteiger partial charge in [0.2, 0.25) is 0 Å². The molecule has 3 aromatic carbocycles. The lowest BCUT2D eigenvalue weighted by Crippen LogP contribution is -2.44. The highest BCUT2D eigenvalue weighted by Crippen LogP contribution is 2.34. The molecule has 0 radical (unpaired) electrons. The third-order valence-corrected chi connectivity index (χ3v) is 6.10. The van der Waals surface area contributed by atoms with Crippen molar-refractivity contribution >= 4 is 5.91 Å². The Bertz CT molecular complexity index is 1170. The van der Waals surface area contributed by atoms with E-state index in [1.807, 2.05) is 24.3 Å². The van der Waals surface area contributed by atoms with Gasteiger partial charge in [-0.3, -0.25) is 4.79 Å². The molecule has 0 aromatic heterocycles. The molecular weight excluding hydrogens is 419 g/mol. The van der Waals surface area contributed by atoms with Gasteiger partial charge in [0.25, 0.3) is 5.91 Å². The van der Waals surface area contributed by atoms with E-state index in [9.17, 15) is 14.4 Å². The monoisotopic (exact) mass is 444 g/mol. The van der Waals surface area contributed by atoms with Crippen molar-refractivity contribution in [2.45, 2.75) is 24.9 Å². The fourth-order valence-corrected chi connectivity index (χ4v) is 4.14. The molecule has 1 aliphatic heterocycles. The van der Waals surface area contributed by atoms with E-state index in [2.05, 4.69) is 11.4 Å². The lowest BCUT2D eigenvalue weighted by molar-refractivity contribution is 0.0486. The van der Waals surface area contributed by atoms with Gasteiger partial charge < -0.3 is 14.8 Å². The molecule has 33 heavy (non-hydrogen) atoms. The van der Waals surface area contributed by atoms with E-state index >= 15 is 0 Å². The number of hydrogen-bond acceptors (Lipinski definition) is 4. The molecular formula is C27H25FN2O3. The summed E-state index contributed by atoms with van der Waals surface area (Å²) in [4.78, 5) is 12.9. The van der Waals surface area contributed by atoms with E-state index in [0.717, 1.165) is 11.1 Å². The Hall–Kier alpha value is -3.69. The van der Waals surface area contributed by atoms with Gasteiger partial charge in [0, 0.05) is 36.3 Å². The first-order valence-corrected chi connectivity index (χ1v) is 10.9. The zero-order chi connectivity index (χ0) is 23.1. The van der Waals surface area contributed by atoms with Crippen molar-refractivity contribution in [2.75, 3.05) is 19.8 Å². The normalized spacial score (nSPS) is 14.8. The molecule has 0 atom stereocenters. The Balaban J connectivity index is 1.44. The van der Waals surface area contributed by atoms with Crippen LogP contribution in [0.3, 0.4) is 0 Å². The van der Waals surface area contributed by atoms with Gasteiger partial charge >= 0.3 is 0 Å². The number of nitriles is 1. The van der Waals surface area contributed by atoms with Crippen molar-refractivity contribution in [3.63, 3.8) is 0 Å². The third-order valence-electron chi connectivity index (χ3n) is 6.10. The average Bonchev–Trinajstić information content (AvgIpc) is 2.87. The molecule has 0 bridgehead atoms. The molecule has 0 unspecified atom stereocenters. The zero-order valence-electron chi connectivity index (χ0n) is 18.2. The van der Waals surface area contributed by atoms with Crippen LogP contribution in [0.15, 0.2) is 72.8 Å². The summed E-state index contributed by atoms with van der Waals surface area (Å²) in [6.45, 7) is 1.76. The lowest BCUT2D eigenvalue weighted by atomic mass is 9.74. The number of benzene rings is 3. The van der Waals surface area contributed by atoms with Crippen LogP contribution in [-0.2, 0) is 16.8 Å². The van der Waals surface area contributed by atoms with Crippen LogP contribution in [0.5, 0.6) is 5.75 Å². The second kappa shape index (κ2) is 10.3. The number of carbonyl (C=O) groups excluding carboxylic acids is 1. The summed E-state index contributed by atoms with van der Waals surface area (Å²) < 4.78 is 25.2. The van der Waals surface area contributed by atoms with Gasteiger partial charge in [-0.15, -0.1) is 0 Å². The first-order valence-electron chi connectivity index (χ1n) is 10.9. The Morgan fingerprint density at radius 2 is 1.85 bits per heavy atom. The van der Waals surface area contributed by atoms with Gasteiger partial charge in [-0.05, 0) is 54.8 Å². The summed E-state index contributed by atoms with van der Waals surface area (Å²) in [6.07, 6.45) is 1.41. The van der Waals surface area contributed by atoms with Crippen molar-refractivity contribution in [2.24, 2.45) is 0 Å². The standard InChI is InChI=1S/C27H25FN2O3/c28-24-9-4-8-23(16-24)27(11-13-32-14-12-27)19-30-26(31)20-7-3-10-25(15-20)33-18-22-6-2-1-5-21(22)17-29/h1-10,15-16H,11-14,18-19H2,(H,30,31). The first kappa shape index (κ1) is 22.5. The summed E-state index contributed by atoms with van der Waals surface area (Å²) in [5.74, 6) is 0.0361. The van der Waals surface area contributed by atoms with Crippen molar-refractivity contribution < 1.29 is 18.7 Å². The highest BCUT2D eigenvalue weighted by atomic mass is 19.1. The van der Waals surface area contributed by atoms with E-state index in [1.54, 1.807) is 42.5 Å². The number of amides is 1. The number of carbonyl (C=O) groups is 1. The highest BCUT2D eigenvalue weighted by Gasteiger charge is 2.35. The minimum atomic E-state index is -0.370. The van der Waals surface area contributed by atoms with Crippen LogP contribution in [0.25, 0.3) is 0 Å². The van der Waals surface area contributed by atoms with E-state index in [1.165, 1.54) is 6.07 Å². The molecule has 1 amide bonds. The molecule has 1 saturated heterocycles. The van der Waals surface area contributed by atoms with Crippen LogP contribution >= 0.6 is 0 Å². The summed E-state index contributed by atoms with van der Waals surface area (Å²) in [7, 11) is 0. The smallest absolute Gasteiger partial charge is 0.251 e. The van der Waals surface area contributed by atoms with Crippen molar-refractivity contribution in [1.29, 1.82) is 5.26 Å². The maximum atomic E-state index is 13.9. The number of rotatable bonds is 7. The molecule has 3 aromatic rings. The predicted molar refractivity (Wildman–Crippen MR) is 122 cm³/mol. The number of ether oxygens (including phenoxy) is 2. The lowest BCUT2D eigenvalue weighted by Gasteiger charge is -2.38. The Morgan fingerprint density at radius 3 is 2.64 bits per heavy atom. The Labute approximate surface area is 192 Å². The minimum absolute atomic E-state index is 0.222. The van der Waals surface area contributed by atoms with E-state index in [4.69, 9.17) is 9.47 Å². The van der Waals surface area contributed by atoms with Crippen molar-refractivity contribution in [3.8, 4) is 11.8 Å². The number of nitrogens with zero attached hydrogens (tertiary/aromatic N) is 1. The number of hydrogen-bond donors (Lipinski definition) is 1. The molecule has 0 spiro atoms. The second-order valence-electron chi connectivity index (χ2n) is 8.17. The van der Waals surface area contributed by atoms with Crippen LogP contribution in [0.2, 0.25) is 0 Å².